The second-order valence-corrected chi connectivity index (χ2v) is 3.60. The van der Waals surface area contributed by atoms with E-state index in [2.05, 4.69) is 0 Å². The standard InChI is InChI=1S/C10H12BF4O/c1-3-7(2)16-10-6-8(11(13,14)15)4-5-9(10)12/h4-7H,3H2,1-2H3/q-1. The van der Waals surface area contributed by atoms with Crippen molar-refractivity contribution in [2.24, 2.45) is 0 Å². The third kappa shape index (κ3) is 3.15. The minimum Gasteiger partial charge on any atom is -0.488 e. The van der Waals surface area contributed by atoms with E-state index in [-0.39, 0.29) is 11.9 Å². The highest BCUT2D eigenvalue weighted by atomic mass is 19.4. The molecule has 1 aromatic carbocycles. The van der Waals surface area contributed by atoms with Crippen LogP contribution in [0.5, 0.6) is 5.75 Å². The van der Waals surface area contributed by atoms with Crippen LogP contribution in [0.1, 0.15) is 20.3 Å². The molecule has 1 nitrogen and oxygen atoms in total. The molecule has 0 N–H and O–H groups in total. The van der Waals surface area contributed by atoms with Crippen molar-refractivity contribution in [3.63, 3.8) is 0 Å². The summed E-state index contributed by atoms with van der Waals surface area (Å²) in [6.07, 6.45) is 0.284. The lowest BCUT2D eigenvalue weighted by atomic mass is 9.80. The molecular formula is C10H12BF4O-. The van der Waals surface area contributed by atoms with Crippen LogP contribution in [0, 0.1) is 5.82 Å². The quantitative estimate of drug-likeness (QED) is 0.575. The van der Waals surface area contributed by atoms with E-state index in [1.54, 1.807) is 13.8 Å². The van der Waals surface area contributed by atoms with E-state index in [1.807, 2.05) is 0 Å². The van der Waals surface area contributed by atoms with E-state index in [9.17, 15) is 17.3 Å². The summed E-state index contributed by atoms with van der Waals surface area (Å²) in [6.45, 7) is -1.64. The zero-order valence-electron chi connectivity index (χ0n) is 9.01. The summed E-state index contributed by atoms with van der Waals surface area (Å²) < 4.78 is 55.4. The topological polar surface area (TPSA) is 9.23 Å². The SMILES string of the molecule is CCC(C)Oc1cc([B-](F)(F)F)ccc1F. The van der Waals surface area contributed by atoms with Crippen molar-refractivity contribution in [2.45, 2.75) is 26.4 Å². The average molecular weight is 235 g/mol. The minimum atomic E-state index is -5.12. The van der Waals surface area contributed by atoms with Gasteiger partial charge in [-0.15, -0.1) is 5.46 Å². The van der Waals surface area contributed by atoms with Crippen LogP contribution in [0.4, 0.5) is 17.3 Å². The monoisotopic (exact) mass is 235 g/mol. The molecule has 0 spiro atoms. The largest absolute Gasteiger partial charge is 0.509 e. The molecule has 0 heterocycles. The van der Waals surface area contributed by atoms with Crippen molar-refractivity contribution in [1.29, 1.82) is 0 Å². The molecule has 0 aromatic heterocycles. The Morgan fingerprint density at radius 1 is 1.31 bits per heavy atom. The van der Waals surface area contributed by atoms with Crippen LogP contribution < -0.4 is 10.2 Å². The fraction of sp³-hybridized carbons (Fsp3) is 0.400. The molecule has 0 saturated heterocycles. The van der Waals surface area contributed by atoms with E-state index in [0.29, 0.717) is 12.5 Å². The predicted molar refractivity (Wildman–Crippen MR) is 55.5 cm³/mol. The molecule has 0 aliphatic heterocycles. The Kier molecular flexibility index (Phi) is 3.83. The van der Waals surface area contributed by atoms with Gasteiger partial charge in [-0.3, -0.25) is 0 Å². The van der Waals surface area contributed by atoms with E-state index in [1.165, 1.54) is 0 Å². The molecule has 1 unspecified atom stereocenters. The first-order valence-electron chi connectivity index (χ1n) is 5.00. The summed E-state index contributed by atoms with van der Waals surface area (Å²) in [7, 11) is 0. The van der Waals surface area contributed by atoms with Crippen molar-refractivity contribution < 1.29 is 22.1 Å². The molecule has 0 amide bonds. The van der Waals surface area contributed by atoms with Crippen LogP contribution in [0.25, 0.3) is 0 Å². The van der Waals surface area contributed by atoms with E-state index in [0.717, 1.165) is 12.1 Å². The number of hydrogen-bond acceptors (Lipinski definition) is 1. The van der Waals surface area contributed by atoms with Gasteiger partial charge in [-0.1, -0.05) is 13.0 Å². The first-order chi connectivity index (χ1) is 7.34. The van der Waals surface area contributed by atoms with E-state index < -0.39 is 18.3 Å². The Labute approximate surface area is 91.5 Å². The summed E-state index contributed by atoms with van der Waals surface area (Å²) >= 11 is 0. The van der Waals surface area contributed by atoms with Gasteiger partial charge in [0.1, 0.15) is 0 Å². The molecule has 0 fully saturated rings. The lowest BCUT2D eigenvalue weighted by Gasteiger charge is -2.18. The molecule has 0 aliphatic rings. The molecule has 1 atom stereocenters. The van der Waals surface area contributed by atoms with Crippen LogP contribution in [0.2, 0.25) is 0 Å². The van der Waals surface area contributed by atoms with E-state index in [4.69, 9.17) is 4.74 Å². The summed E-state index contributed by atoms with van der Waals surface area (Å²) in [5.41, 5.74) is -0.847. The van der Waals surface area contributed by atoms with Crippen LogP contribution in [-0.2, 0) is 0 Å². The fourth-order valence-corrected chi connectivity index (χ4v) is 1.11. The minimum absolute atomic E-state index is 0.314. The highest BCUT2D eigenvalue weighted by molar-refractivity contribution is 6.73. The van der Waals surface area contributed by atoms with Crippen LogP contribution in [-0.4, -0.2) is 13.1 Å². The maximum absolute atomic E-state index is 13.2. The molecule has 0 aliphatic carbocycles. The van der Waals surface area contributed by atoms with Gasteiger partial charge in [-0.25, -0.2) is 4.39 Å². The Bertz CT molecular complexity index is 364. The van der Waals surface area contributed by atoms with Gasteiger partial charge in [0.05, 0.1) is 6.10 Å². The van der Waals surface area contributed by atoms with Gasteiger partial charge in [0, 0.05) is 0 Å². The van der Waals surface area contributed by atoms with Gasteiger partial charge in [0.15, 0.2) is 11.6 Å². The van der Waals surface area contributed by atoms with Crippen LogP contribution in [0.15, 0.2) is 18.2 Å². The predicted octanol–water partition coefficient (Wildman–Crippen LogP) is 3.06. The molecule has 0 radical (unpaired) electrons. The maximum Gasteiger partial charge on any atom is 0.509 e. The molecule has 16 heavy (non-hydrogen) atoms. The van der Waals surface area contributed by atoms with Gasteiger partial charge >= 0.3 is 6.98 Å². The highest BCUT2D eigenvalue weighted by Crippen LogP contribution is 2.20. The maximum atomic E-state index is 13.2. The first kappa shape index (κ1) is 12.9. The molecule has 0 bridgehead atoms. The summed E-state index contributed by atoms with van der Waals surface area (Å²) in [5.74, 6) is -1.12. The second-order valence-electron chi connectivity index (χ2n) is 3.60. The zero-order chi connectivity index (χ0) is 12.3. The number of ether oxygens (including phenoxy) is 1. The Balaban J connectivity index is 3.00. The van der Waals surface area contributed by atoms with Gasteiger partial charge in [0.2, 0.25) is 0 Å². The second kappa shape index (κ2) is 4.76. The molecule has 6 heteroatoms. The smallest absolute Gasteiger partial charge is 0.488 e. The Morgan fingerprint density at radius 3 is 2.44 bits per heavy atom. The first-order valence-corrected chi connectivity index (χ1v) is 5.00. The van der Waals surface area contributed by atoms with E-state index >= 15 is 0 Å². The van der Waals surface area contributed by atoms with Crippen molar-refractivity contribution in [2.75, 3.05) is 0 Å². The summed E-state index contributed by atoms with van der Waals surface area (Å²) in [4.78, 5) is 0. The molecular weight excluding hydrogens is 223 g/mol. The third-order valence-corrected chi connectivity index (χ3v) is 2.24. The zero-order valence-corrected chi connectivity index (χ0v) is 9.01. The third-order valence-electron chi connectivity index (χ3n) is 2.24. The Hall–Kier alpha value is -1.20. The van der Waals surface area contributed by atoms with Gasteiger partial charge in [0.25, 0.3) is 0 Å². The van der Waals surface area contributed by atoms with Gasteiger partial charge in [-0.2, -0.15) is 0 Å². The molecule has 1 aromatic rings. The van der Waals surface area contributed by atoms with Gasteiger partial charge in [-0.05, 0) is 25.5 Å². The average Bonchev–Trinajstić information content (AvgIpc) is 2.19. The molecule has 1 rings (SSSR count). The van der Waals surface area contributed by atoms with Crippen molar-refractivity contribution >= 4 is 12.4 Å². The van der Waals surface area contributed by atoms with Crippen molar-refractivity contribution in [1.82, 2.24) is 0 Å². The Morgan fingerprint density at radius 2 is 1.94 bits per heavy atom. The van der Waals surface area contributed by atoms with Crippen molar-refractivity contribution in [3.8, 4) is 5.75 Å². The van der Waals surface area contributed by atoms with Gasteiger partial charge < -0.3 is 17.7 Å². The fourth-order valence-electron chi connectivity index (χ4n) is 1.11. The van der Waals surface area contributed by atoms with Crippen molar-refractivity contribution in [3.05, 3.63) is 24.0 Å². The lowest BCUT2D eigenvalue weighted by Crippen LogP contribution is -2.34. The number of benzene rings is 1. The normalized spacial score (nSPS) is 13.6. The number of rotatable bonds is 4. The summed E-state index contributed by atoms with van der Waals surface area (Å²) in [6, 6.07) is 2.21. The highest BCUT2D eigenvalue weighted by Gasteiger charge is 2.26. The number of hydrogen-bond donors (Lipinski definition) is 0. The summed E-state index contributed by atoms with van der Waals surface area (Å²) in [5, 5.41) is 0. The van der Waals surface area contributed by atoms with Crippen LogP contribution in [0.3, 0.4) is 0 Å². The molecule has 0 saturated carbocycles. The molecule has 90 valence electrons. The lowest BCUT2D eigenvalue weighted by molar-refractivity contribution is 0.208. The number of halogens is 4. The van der Waals surface area contributed by atoms with Crippen LogP contribution >= 0.6 is 0 Å².